The molecule has 3 rings (SSSR count). The number of ether oxygens (including phenoxy) is 1. The average Bonchev–Trinajstić information content (AvgIpc) is 2.96. The SMILES string of the molecule is COc1ccc(-c2cs/c(=N\N=C\c3cccc(F)c3)n2C)cc1. The largest absolute Gasteiger partial charge is 0.497 e. The summed E-state index contributed by atoms with van der Waals surface area (Å²) >= 11 is 1.50. The molecule has 122 valence electrons. The predicted molar refractivity (Wildman–Crippen MR) is 94.8 cm³/mol. The van der Waals surface area contributed by atoms with Crippen LogP contribution in [0.4, 0.5) is 4.39 Å². The molecule has 3 aromatic rings. The van der Waals surface area contributed by atoms with Crippen LogP contribution in [-0.2, 0) is 7.05 Å². The maximum absolute atomic E-state index is 13.1. The van der Waals surface area contributed by atoms with E-state index in [1.807, 2.05) is 41.3 Å². The highest BCUT2D eigenvalue weighted by Crippen LogP contribution is 2.22. The Labute approximate surface area is 143 Å². The third-order valence-corrected chi connectivity index (χ3v) is 4.42. The minimum atomic E-state index is -0.289. The molecule has 6 heteroatoms. The molecule has 4 nitrogen and oxygen atoms in total. The maximum Gasteiger partial charge on any atom is 0.210 e. The van der Waals surface area contributed by atoms with Gasteiger partial charge in [0.15, 0.2) is 0 Å². The van der Waals surface area contributed by atoms with E-state index in [1.165, 1.54) is 29.7 Å². The molecular weight excluding hydrogens is 325 g/mol. The van der Waals surface area contributed by atoms with E-state index in [0.717, 1.165) is 21.8 Å². The second kappa shape index (κ2) is 7.23. The van der Waals surface area contributed by atoms with Gasteiger partial charge in [-0.1, -0.05) is 12.1 Å². The van der Waals surface area contributed by atoms with Crippen molar-refractivity contribution in [2.75, 3.05) is 7.11 Å². The number of thiazole rings is 1. The van der Waals surface area contributed by atoms with E-state index in [2.05, 4.69) is 10.2 Å². The molecule has 0 atom stereocenters. The molecule has 0 saturated heterocycles. The molecule has 0 aliphatic heterocycles. The highest BCUT2D eigenvalue weighted by Gasteiger charge is 2.04. The van der Waals surface area contributed by atoms with Gasteiger partial charge in [-0.2, -0.15) is 5.10 Å². The third-order valence-electron chi connectivity index (χ3n) is 3.51. The van der Waals surface area contributed by atoms with E-state index >= 15 is 0 Å². The summed E-state index contributed by atoms with van der Waals surface area (Å²) in [5.74, 6) is 0.531. The van der Waals surface area contributed by atoms with Gasteiger partial charge in [-0.25, -0.2) is 4.39 Å². The molecule has 24 heavy (non-hydrogen) atoms. The number of nitrogens with zero attached hydrogens (tertiary/aromatic N) is 3. The molecule has 1 heterocycles. The number of halogens is 1. The van der Waals surface area contributed by atoms with Gasteiger partial charge in [0.05, 0.1) is 19.0 Å². The summed E-state index contributed by atoms with van der Waals surface area (Å²) in [5.41, 5.74) is 2.79. The van der Waals surface area contributed by atoms with Gasteiger partial charge < -0.3 is 9.30 Å². The first-order valence-electron chi connectivity index (χ1n) is 7.29. The first-order chi connectivity index (χ1) is 11.7. The summed E-state index contributed by atoms with van der Waals surface area (Å²) in [5, 5.41) is 10.3. The zero-order valence-corrected chi connectivity index (χ0v) is 14.1. The Morgan fingerprint density at radius 2 is 1.96 bits per heavy atom. The van der Waals surface area contributed by atoms with Crippen molar-refractivity contribution < 1.29 is 9.13 Å². The molecule has 2 aromatic carbocycles. The van der Waals surface area contributed by atoms with Crippen molar-refractivity contribution in [2.24, 2.45) is 17.3 Å². The van der Waals surface area contributed by atoms with E-state index in [-0.39, 0.29) is 5.82 Å². The van der Waals surface area contributed by atoms with Crippen molar-refractivity contribution in [3.05, 3.63) is 70.1 Å². The van der Waals surface area contributed by atoms with Crippen LogP contribution < -0.4 is 9.54 Å². The molecule has 1 aromatic heterocycles. The molecule has 0 N–H and O–H groups in total. The van der Waals surface area contributed by atoms with Crippen LogP contribution in [0.15, 0.2) is 64.1 Å². The van der Waals surface area contributed by atoms with Crippen molar-refractivity contribution in [3.63, 3.8) is 0 Å². The van der Waals surface area contributed by atoms with Gasteiger partial charge in [0.2, 0.25) is 4.80 Å². The van der Waals surface area contributed by atoms with Gasteiger partial charge >= 0.3 is 0 Å². The normalized spacial score (nSPS) is 12.0. The van der Waals surface area contributed by atoms with Crippen molar-refractivity contribution in [3.8, 4) is 17.0 Å². The number of hydrogen-bond donors (Lipinski definition) is 0. The van der Waals surface area contributed by atoms with Gasteiger partial charge in [0.1, 0.15) is 11.6 Å². The van der Waals surface area contributed by atoms with E-state index in [0.29, 0.717) is 5.56 Å². The fourth-order valence-corrected chi connectivity index (χ4v) is 3.08. The molecule has 0 saturated carbocycles. The van der Waals surface area contributed by atoms with Crippen LogP contribution in [0.3, 0.4) is 0 Å². The number of rotatable bonds is 4. The number of methoxy groups -OCH3 is 1. The van der Waals surface area contributed by atoms with Crippen LogP contribution in [0.2, 0.25) is 0 Å². The molecule has 0 bridgehead atoms. The molecule has 0 unspecified atom stereocenters. The van der Waals surface area contributed by atoms with Gasteiger partial charge in [0.25, 0.3) is 0 Å². The van der Waals surface area contributed by atoms with Crippen molar-refractivity contribution in [2.45, 2.75) is 0 Å². The first-order valence-corrected chi connectivity index (χ1v) is 8.17. The Kier molecular flexibility index (Phi) is 4.86. The fraction of sp³-hybridized carbons (Fsp3) is 0.111. The Morgan fingerprint density at radius 3 is 2.67 bits per heavy atom. The molecule has 0 spiro atoms. The third kappa shape index (κ3) is 3.60. The van der Waals surface area contributed by atoms with Gasteiger partial charge in [0, 0.05) is 12.4 Å². The van der Waals surface area contributed by atoms with Crippen molar-refractivity contribution in [1.29, 1.82) is 0 Å². The molecule has 0 amide bonds. The van der Waals surface area contributed by atoms with E-state index in [1.54, 1.807) is 19.2 Å². The fourth-order valence-electron chi connectivity index (χ4n) is 2.22. The van der Waals surface area contributed by atoms with Crippen molar-refractivity contribution >= 4 is 17.6 Å². The molecule has 0 radical (unpaired) electrons. The Hall–Kier alpha value is -2.73. The topological polar surface area (TPSA) is 38.9 Å². The van der Waals surface area contributed by atoms with E-state index < -0.39 is 0 Å². The summed E-state index contributed by atoms with van der Waals surface area (Å²) in [4.78, 5) is 0.758. The van der Waals surface area contributed by atoms with Gasteiger partial charge in [-0.15, -0.1) is 16.4 Å². The van der Waals surface area contributed by atoms with Crippen LogP contribution in [0.1, 0.15) is 5.56 Å². The van der Waals surface area contributed by atoms with E-state index in [9.17, 15) is 4.39 Å². The highest BCUT2D eigenvalue weighted by atomic mass is 32.1. The Morgan fingerprint density at radius 1 is 1.17 bits per heavy atom. The summed E-state index contributed by atoms with van der Waals surface area (Å²) in [6, 6.07) is 14.1. The Balaban J connectivity index is 1.86. The summed E-state index contributed by atoms with van der Waals surface area (Å²) in [7, 11) is 3.58. The van der Waals surface area contributed by atoms with Crippen LogP contribution in [0, 0.1) is 5.82 Å². The zero-order chi connectivity index (χ0) is 16.9. The number of benzene rings is 2. The smallest absolute Gasteiger partial charge is 0.210 e. The lowest BCUT2D eigenvalue weighted by atomic mass is 10.1. The lowest BCUT2D eigenvalue weighted by Crippen LogP contribution is -2.10. The molecule has 0 fully saturated rings. The second-order valence-corrected chi connectivity index (χ2v) is 5.93. The molecule has 0 aliphatic rings. The predicted octanol–water partition coefficient (Wildman–Crippen LogP) is 3.84. The van der Waals surface area contributed by atoms with Crippen molar-refractivity contribution in [1.82, 2.24) is 4.57 Å². The highest BCUT2D eigenvalue weighted by molar-refractivity contribution is 7.07. The van der Waals surface area contributed by atoms with Crippen LogP contribution in [0.5, 0.6) is 5.75 Å². The zero-order valence-electron chi connectivity index (χ0n) is 13.3. The minimum absolute atomic E-state index is 0.289. The Bertz CT molecular complexity index is 926. The van der Waals surface area contributed by atoms with Crippen LogP contribution in [-0.4, -0.2) is 17.9 Å². The summed E-state index contributed by atoms with van der Waals surface area (Å²) in [6.45, 7) is 0. The first kappa shape index (κ1) is 16.1. The second-order valence-electron chi connectivity index (χ2n) is 5.09. The van der Waals surface area contributed by atoms with Crippen LogP contribution in [0.25, 0.3) is 11.3 Å². The standard InChI is InChI=1S/C18H16FN3OS/c1-22-17(14-6-8-16(23-2)9-7-14)12-24-18(22)21-20-11-13-4-3-5-15(19)10-13/h3-12H,1-2H3/b20-11+,21-18-. The monoisotopic (exact) mass is 341 g/mol. The lowest BCUT2D eigenvalue weighted by Gasteiger charge is -2.04. The van der Waals surface area contributed by atoms with Crippen LogP contribution >= 0.6 is 11.3 Å². The average molecular weight is 341 g/mol. The van der Waals surface area contributed by atoms with Gasteiger partial charge in [-0.05, 0) is 47.5 Å². The summed E-state index contributed by atoms with van der Waals surface area (Å²) < 4.78 is 20.3. The lowest BCUT2D eigenvalue weighted by molar-refractivity contribution is 0.415. The number of hydrogen-bond acceptors (Lipinski definition) is 4. The molecule has 0 aliphatic carbocycles. The molecular formula is C18H16FN3OS. The summed E-state index contributed by atoms with van der Waals surface area (Å²) in [6.07, 6.45) is 1.54. The minimum Gasteiger partial charge on any atom is -0.497 e. The quantitative estimate of drug-likeness (QED) is 0.525. The maximum atomic E-state index is 13.1. The van der Waals surface area contributed by atoms with E-state index in [4.69, 9.17) is 4.74 Å². The number of aromatic nitrogens is 1. The van der Waals surface area contributed by atoms with Gasteiger partial charge in [-0.3, -0.25) is 0 Å².